The third kappa shape index (κ3) is 2.56. The minimum absolute atomic E-state index is 0.146. The van der Waals surface area contributed by atoms with Crippen molar-refractivity contribution in [2.24, 2.45) is 5.73 Å². The molecule has 4 atom stereocenters. The number of likely N-dealkylation sites (N-methyl/N-ethyl adjacent to an activating group) is 1. The van der Waals surface area contributed by atoms with E-state index in [0.717, 1.165) is 39.0 Å². The van der Waals surface area contributed by atoms with E-state index in [2.05, 4.69) is 4.90 Å². The van der Waals surface area contributed by atoms with Crippen LogP contribution in [-0.2, 0) is 4.79 Å². The third-order valence-corrected chi connectivity index (χ3v) is 5.07. The van der Waals surface area contributed by atoms with E-state index in [1.807, 2.05) is 16.8 Å². The highest BCUT2D eigenvalue weighted by Crippen LogP contribution is 2.26. The zero-order valence-electron chi connectivity index (χ0n) is 12.2. The second-order valence-corrected chi connectivity index (χ2v) is 6.50. The number of nitrogens with zero attached hydrogens (tertiary/aromatic N) is 3. The molecule has 3 unspecified atom stereocenters. The molecule has 3 saturated heterocycles. The summed E-state index contributed by atoms with van der Waals surface area (Å²) in [5.41, 5.74) is 6.18. The maximum absolute atomic E-state index is 14.4. The summed E-state index contributed by atoms with van der Waals surface area (Å²) in [6, 6.07) is 0.0294. The SMILES string of the molecule is CN1CC(N)C(N2CC[C@@H]3CCC(=O)N3CC2)C(F)C1. The van der Waals surface area contributed by atoms with Crippen molar-refractivity contribution in [2.45, 2.75) is 43.6 Å². The van der Waals surface area contributed by atoms with Gasteiger partial charge in [0.2, 0.25) is 5.91 Å². The summed E-state index contributed by atoms with van der Waals surface area (Å²) in [7, 11) is 1.92. The first-order valence-corrected chi connectivity index (χ1v) is 7.68. The molecule has 5 nitrogen and oxygen atoms in total. The molecule has 3 heterocycles. The number of nitrogens with two attached hydrogens (primary N) is 1. The molecule has 0 spiro atoms. The molecule has 20 heavy (non-hydrogen) atoms. The summed E-state index contributed by atoms with van der Waals surface area (Å²) < 4.78 is 14.4. The molecule has 1 amide bonds. The fraction of sp³-hybridized carbons (Fsp3) is 0.929. The fourth-order valence-corrected chi connectivity index (χ4v) is 4.08. The Kier molecular flexibility index (Phi) is 3.97. The van der Waals surface area contributed by atoms with E-state index in [4.69, 9.17) is 5.73 Å². The Hall–Kier alpha value is -0.720. The zero-order valence-corrected chi connectivity index (χ0v) is 12.2. The molecule has 0 aromatic rings. The summed E-state index contributed by atoms with van der Waals surface area (Å²) in [5.74, 6) is 0.265. The van der Waals surface area contributed by atoms with Gasteiger partial charge in [-0.1, -0.05) is 0 Å². The Morgan fingerprint density at radius 2 is 2.00 bits per heavy atom. The van der Waals surface area contributed by atoms with Gasteiger partial charge in [0, 0.05) is 51.2 Å². The molecule has 3 fully saturated rings. The van der Waals surface area contributed by atoms with Gasteiger partial charge in [-0.3, -0.25) is 9.69 Å². The number of hydrogen-bond acceptors (Lipinski definition) is 4. The Balaban J connectivity index is 1.67. The first-order chi connectivity index (χ1) is 9.56. The van der Waals surface area contributed by atoms with Crippen molar-refractivity contribution in [3.63, 3.8) is 0 Å². The Morgan fingerprint density at radius 3 is 2.75 bits per heavy atom. The quantitative estimate of drug-likeness (QED) is 0.716. The van der Waals surface area contributed by atoms with Crippen molar-refractivity contribution in [3.8, 4) is 0 Å². The average molecular weight is 284 g/mol. The van der Waals surface area contributed by atoms with E-state index >= 15 is 0 Å². The second-order valence-electron chi connectivity index (χ2n) is 6.50. The predicted molar refractivity (Wildman–Crippen MR) is 75.1 cm³/mol. The van der Waals surface area contributed by atoms with Gasteiger partial charge in [0.15, 0.2) is 0 Å². The number of piperidine rings is 1. The van der Waals surface area contributed by atoms with Crippen LogP contribution in [0.1, 0.15) is 19.3 Å². The molecule has 0 radical (unpaired) electrons. The zero-order chi connectivity index (χ0) is 14.3. The molecule has 114 valence electrons. The highest BCUT2D eigenvalue weighted by Gasteiger charge is 2.40. The van der Waals surface area contributed by atoms with Crippen molar-refractivity contribution < 1.29 is 9.18 Å². The minimum atomic E-state index is -0.896. The van der Waals surface area contributed by atoms with E-state index in [1.54, 1.807) is 0 Å². The van der Waals surface area contributed by atoms with Crippen LogP contribution in [0.25, 0.3) is 0 Å². The normalized spacial score (nSPS) is 40.8. The lowest BCUT2D eigenvalue weighted by atomic mass is 9.96. The molecular weight excluding hydrogens is 259 g/mol. The van der Waals surface area contributed by atoms with Crippen LogP contribution in [-0.4, -0.2) is 84.7 Å². The van der Waals surface area contributed by atoms with Gasteiger partial charge in [0.05, 0.1) is 6.04 Å². The molecule has 0 saturated carbocycles. The summed E-state index contributed by atoms with van der Waals surface area (Å²) in [6.07, 6.45) is 1.71. The lowest BCUT2D eigenvalue weighted by molar-refractivity contribution is -0.128. The number of likely N-dealkylation sites (tertiary alicyclic amines) is 1. The first-order valence-electron chi connectivity index (χ1n) is 7.68. The maximum atomic E-state index is 14.4. The van der Waals surface area contributed by atoms with Gasteiger partial charge < -0.3 is 15.5 Å². The largest absolute Gasteiger partial charge is 0.338 e. The summed E-state index contributed by atoms with van der Waals surface area (Å²) in [4.78, 5) is 18.0. The van der Waals surface area contributed by atoms with Crippen molar-refractivity contribution >= 4 is 5.91 Å². The van der Waals surface area contributed by atoms with E-state index < -0.39 is 6.17 Å². The van der Waals surface area contributed by atoms with Crippen LogP contribution in [0.4, 0.5) is 4.39 Å². The molecule has 2 N–H and O–H groups in total. The van der Waals surface area contributed by atoms with Crippen molar-refractivity contribution in [1.82, 2.24) is 14.7 Å². The van der Waals surface area contributed by atoms with E-state index in [0.29, 0.717) is 19.0 Å². The van der Waals surface area contributed by atoms with Crippen molar-refractivity contribution in [2.75, 3.05) is 39.8 Å². The van der Waals surface area contributed by atoms with Crippen molar-refractivity contribution in [3.05, 3.63) is 0 Å². The molecule has 0 aromatic heterocycles. The standard InChI is InChI=1S/C14H25FN4O/c1-17-8-11(15)14(12(16)9-17)18-5-4-10-2-3-13(20)19(10)7-6-18/h10-12,14H,2-9,16H2,1H3/t10-,11?,12?,14?/m0/s1. The Bertz CT molecular complexity index is 368. The second kappa shape index (κ2) is 5.58. The molecule has 3 aliphatic heterocycles. The number of carbonyl (C=O) groups is 1. The van der Waals surface area contributed by atoms with Gasteiger partial charge >= 0.3 is 0 Å². The van der Waals surface area contributed by atoms with Crippen LogP contribution in [0.15, 0.2) is 0 Å². The lowest BCUT2D eigenvalue weighted by Gasteiger charge is -2.43. The maximum Gasteiger partial charge on any atom is 0.222 e. The van der Waals surface area contributed by atoms with Crippen LogP contribution in [0.2, 0.25) is 0 Å². The number of fused-ring (bicyclic) bond motifs is 1. The van der Waals surface area contributed by atoms with Gasteiger partial charge in [0.1, 0.15) is 6.17 Å². The van der Waals surface area contributed by atoms with Crippen LogP contribution in [0.5, 0.6) is 0 Å². The molecular formula is C14H25FN4O. The van der Waals surface area contributed by atoms with Gasteiger partial charge in [-0.25, -0.2) is 4.39 Å². The summed E-state index contributed by atoms with van der Waals surface area (Å²) >= 11 is 0. The van der Waals surface area contributed by atoms with Crippen LogP contribution in [0.3, 0.4) is 0 Å². The number of alkyl halides is 1. The highest BCUT2D eigenvalue weighted by molar-refractivity contribution is 5.78. The van der Waals surface area contributed by atoms with E-state index in [9.17, 15) is 9.18 Å². The molecule has 6 heteroatoms. The van der Waals surface area contributed by atoms with Crippen LogP contribution >= 0.6 is 0 Å². The minimum Gasteiger partial charge on any atom is -0.338 e. The Labute approximate surface area is 119 Å². The first kappa shape index (κ1) is 14.2. The lowest BCUT2D eigenvalue weighted by Crippen LogP contribution is -2.63. The Morgan fingerprint density at radius 1 is 1.20 bits per heavy atom. The van der Waals surface area contributed by atoms with Crippen LogP contribution in [0, 0.1) is 0 Å². The topological polar surface area (TPSA) is 52.8 Å². The monoisotopic (exact) mass is 284 g/mol. The summed E-state index contributed by atoms with van der Waals surface area (Å²) in [6.45, 7) is 3.55. The van der Waals surface area contributed by atoms with Gasteiger partial charge in [0.25, 0.3) is 0 Å². The van der Waals surface area contributed by atoms with E-state index in [-0.39, 0.29) is 18.0 Å². The van der Waals surface area contributed by atoms with Gasteiger partial charge in [-0.05, 0) is 19.9 Å². The third-order valence-electron chi connectivity index (χ3n) is 5.07. The molecule has 0 bridgehead atoms. The summed E-state index contributed by atoms with van der Waals surface area (Å²) in [5, 5.41) is 0. The molecule has 3 aliphatic rings. The molecule has 0 aliphatic carbocycles. The smallest absolute Gasteiger partial charge is 0.222 e. The highest BCUT2D eigenvalue weighted by atomic mass is 19.1. The number of carbonyl (C=O) groups excluding carboxylic acids is 1. The number of hydrogen-bond donors (Lipinski definition) is 1. The molecule has 0 aromatic carbocycles. The van der Waals surface area contributed by atoms with Gasteiger partial charge in [-0.2, -0.15) is 0 Å². The molecule has 3 rings (SSSR count). The number of amides is 1. The van der Waals surface area contributed by atoms with Crippen LogP contribution < -0.4 is 5.73 Å². The van der Waals surface area contributed by atoms with Gasteiger partial charge in [-0.15, -0.1) is 0 Å². The average Bonchev–Trinajstić information content (AvgIpc) is 2.59. The number of halogens is 1. The fourth-order valence-electron chi connectivity index (χ4n) is 4.08. The van der Waals surface area contributed by atoms with Crippen molar-refractivity contribution in [1.29, 1.82) is 0 Å². The van der Waals surface area contributed by atoms with E-state index in [1.165, 1.54) is 0 Å². The number of rotatable bonds is 1. The predicted octanol–water partition coefficient (Wildman–Crippen LogP) is -0.337.